The largest absolute Gasteiger partial charge is 0.507 e. The molecule has 6 aromatic rings. The Labute approximate surface area is 308 Å². The molecule has 0 aliphatic carbocycles. The molecule has 1 aromatic heterocycles. The Morgan fingerprint density at radius 3 is 2.15 bits per heavy atom. The number of aromatic nitrogens is 2. The third-order valence-electron chi connectivity index (χ3n) is 8.55. The summed E-state index contributed by atoms with van der Waals surface area (Å²) in [6, 6.07) is 36.7. The molecule has 8 nitrogen and oxygen atoms in total. The second-order valence-electron chi connectivity index (χ2n) is 12.0. The first-order valence-corrected chi connectivity index (χ1v) is 18.2. The van der Waals surface area contributed by atoms with E-state index in [1.807, 2.05) is 61.5 Å². The lowest BCUT2D eigenvalue weighted by Gasteiger charge is -2.22. The zero-order valence-corrected chi connectivity index (χ0v) is 29.6. The van der Waals surface area contributed by atoms with Crippen LogP contribution in [0.25, 0.3) is 5.76 Å². The standard InChI is InChI=1S/C41H32FN3O5S2/c1-26-7-5-6-10-31(26)24-50-34-21-15-30(16-22-34)37(46)35-36(29-13-19-33(20-14-29)49-23-27-8-3-2-4-9-27)45(39(48)38(35)47)40-43-44-41(52-40)51-25-28-11-17-32(42)18-12-28/h2-22,36,46H,23-25H2,1H3/b37-35+. The Bertz CT molecular complexity index is 2220. The van der Waals surface area contributed by atoms with Crippen LogP contribution < -0.4 is 14.4 Å². The fraction of sp³-hybridized carbons (Fsp3) is 0.122. The Morgan fingerprint density at radius 1 is 0.788 bits per heavy atom. The van der Waals surface area contributed by atoms with Gasteiger partial charge < -0.3 is 14.6 Å². The van der Waals surface area contributed by atoms with Gasteiger partial charge in [0.1, 0.15) is 36.3 Å². The molecule has 1 aliphatic rings. The first-order valence-electron chi connectivity index (χ1n) is 16.4. The van der Waals surface area contributed by atoms with Gasteiger partial charge in [0.05, 0.1) is 11.6 Å². The molecule has 5 aromatic carbocycles. The molecule has 0 saturated carbocycles. The summed E-state index contributed by atoms with van der Waals surface area (Å²) in [6.45, 7) is 2.76. The predicted octanol–water partition coefficient (Wildman–Crippen LogP) is 9.06. The van der Waals surface area contributed by atoms with E-state index in [4.69, 9.17) is 9.47 Å². The van der Waals surface area contributed by atoms with Crippen molar-refractivity contribution in [3.05, 3.63) is 172 Å². The molecular weight excluding hydrogens is 698 g/mol. The fourth-order valence-corrected chi connectivity index (χ4v) is 7.54. The van der Waals surface area contributed by atoms with E-state index in [1.54, 1.807) is 60.7 Å². The van der Waals surface area contributed by atoms with Gasteiger partial charge in [-0.3, -0.25) is 14.5 Å². The van der Waals surface area contributed by atoms with Crippen LogP contribution in [0.4, 0.5) is 9.52 Å². The minimum absolute atomic E-state index is 0.0766. The lowest BCUT2D eigenvalue weighted by atomic mass is 9.95. The molecule has 1 aliphatic heterocycles. The summed E-state index contributed by atoms with van der Waals surface area (Å²) in [6.07, 6.45) is 0. The van der Waals surface area contributed by atoms with Crippen molar-refractivity contribution in [2.75, 3.05) is 4.90 Å². The highest BCUT2D eigenvalue weighted by atomic mass is 32.2. The number of thioether (sulfide) groups is 1. The van der Waals surface area contributed by atoms with Crippen LogP contribution in [0.1, 0.15) is 39.4 Å². The van der Waals surface area contributed by atoms with Crippen LogP contribution in [-0.2, 0) is 28.6 Å². The van der Waals surface area contributed by atoms with Crippen LogP contribution in [0.5, 0.6) is 11.5 Å². The number of ketones is 1. The Hall–Kier alpha value is -5.78. The van der Waals surface area contributed by atoms with Crippen LogP contribution in [0.3, 0.4) is 0 Å². The fourth-order valence-electron chi connectivity index (χ4n) is 5.71. The van der Waals surface area contributed by atoms with Crippen molar-refractivity contribution in [3.63, 3.8) is 0 Å². The minimum atomic E-state index is -0.997. The number of aliphatic hydroxyl groups excluding tert-OH is 1. The number of carbonyl (C=O) groups is 2. The minimum Gasteiger partial charge on any atom is -0.507 e. The van der Waals surface area contributed by atoms with Crippen molar-refractivity contribution in [2.24, 2.45) is 0 Å². The predicted molar refractivity (Wildman–Crippen MR) is 200 cm³/mol. The normalized spacial score (nSPS) is 15.2. The molecule has 1 fully saturated rings. The molecule has 52 heavy (non-hydrogen) atoms. The van der Waals surface area contributed by atoms with Gasteiger partial charge in [0.2, 0.25) is 5.13 Å². The first kappa shape index (κ1) is 34.7. The van der Waals surface area contributed by atoms with Gasteiger partial charge in [-0.15, -0.1) is 10.2 Å². The maximum absolute atomic E-state index is 13.8. The zero-order valence-electron chi connectivity index (χ0n) is 27.9. The van der Waals surface area contributed by atoms with Crippen molar-refractivity contribution >= 4 is 45.7 Å². The number of hydrogen-bond donors (Lipinski definition) is 1. The van der Waals surface area contributed by atoms with Crippen molar-refractivity contribution < 1.29 is 28.6 Å². The average Bonchev–Trinajstić information content (AvgIpc) is 3.75. The van der Waals surface area contributed by atoms with Gasteiger partial charge >= 0.3 is 5.91 Å². The van der Waals surface area contributed by atoms with Crippen molar-refractivity contribution in [3.8, 4) is 11.5 Å². The Kier molecular flexibility index (Phi) is 10.4. The molecule has 0 radical (unpaired) electrons. The maximum atomic E-state index is 13.8. The van der Waals surface area contributed by atoms with E-state index in [2.05, 4.69) is 10.2 Å². The monoisotopic (exact) mass is 729 g/mol. The summed E-state index contributed by atoms with van der Waals surface area (Å²) in [5.41, 5.74) is 4.92. The number of carbonyl (C=O) groups excluding carboxylic acids is 2. The highest BCUT2D eigenvalue weighted by molar-refractivity contribution is 8.00. The first-order chi connectivity index (χ1) is 25.3. The summed E-state index contributed by atoms with van der Waals surface area (Å²) in [7, 11) is 0. The van der Waals surface area contributed by atoms with Gasteiger partial charge in [-0.2, -0.15) is 0 Å². The van der Waals surface area contributed by atoms with E-state index in [-0.39, 0.29) is 22.3 Å². The van der Waals surface area contributed by atoms with Crippen LogP contribution in [-0.4, -0.2) is 27.0 Å². The highest BCUT2D eigenvalue weighted by Gasteiger charge is 2.48. The molecule has 1 unspecified atom stereocenters. The van der Waals surface area contributed by atoms with Crippen molar-refractivity contribution in [1.82, 2.24) is 10.2 Å². The molecule has 1 amide bonds. The Balaban J connectivity index is 1.18. The summed E-state index contributed by atoms with van der Waals surface area (Å²) in [4.78, 5) is 28.8. The third kappa shape index (κ3) is 7.75. The number of ether oxygens (including phenoxy) is 2. The number of benzene rings is 5. The van der Waals surface area contributed by atoms with Gasteiger partial charge in [-0.1, -0.05) is 102 Å². The number of aryl methyl sites for hydroxylation is 1. The molecular formula is C41H32FN3O5S2. The number of aliphatic hydroxyl groups is 1. The van der Waals surface area contributed by atoms with Gasteiger partial charge in [-0.05, 0) is 83.3 Å². The molecule has 0 spiro atoms. The lowest BCUT2D eigenvalue weighted by Crippen LogP contribution is -2.29. The molecule has 1 saturated heterocycles. The van der Waals surface area contributed by atoms with Crippen molar-refractivity contribution in [2.45, 2.75) is 36.3 Å². The summed E-state index contributed by atoms with van der Waals surface area (Å²) < 4.78 is 25.9. The maximum Gasteiger partial charge on any atom is 0.301 e. The van der Waals surface area contributed by atoms with Crippen molar-refractivity contribution in [1.29, 1.82) is 0 Å². The second kappa shape index (κ2) is 15.6. The van der Waals surface area contributed by atoms with E-state index >= 15 is 0 Å². The number of hydrogen-bond acceptors (Lipinski definition) is 9. The molecule has 260 valence electrons. The summed E-state index contributed by atoms with van der Waals surface area (Å²) in [5, 5.41) is 20.5. The lowest BCUT2D eigenvalue weighted by molar-refractivity contribution is -0.132. The van der Waals surface area contributed by atoms with E-state index in [9.17, 15) is 19.1 Å². The van der Waals surface area contributed by atoms with Gasteiger partial charge in [-0.25, -0.2) is 4.39 Å². The number of nitrogens with zero attached hydrogens (tertiary/aromatic N) is 3. The molecule has 2 heterocycles. The number of amides is 1. The second-order valence-corrected chi connectivity index (χ2v) is 14.2. The van der Waals surface area contributed by atoms with E-state index in [0.29, 0.717) is 45.9 Å². The molecule has 11 heteroatoms. The summed E-state index contributed by atoms with van der Waals surface area (Å²) >= 11 is 2.54. The van der Waals surface area contributed by atoms with Crippen LogP contribution >= 0.6 is 23.1 Å². The Morgan fingerprint density at radius 2 is 1.44 bits per heavy atom. The quantitative estimate of drug-likeness (QED) is 0.0438. The molecule has 1 atom stereocenters. The number of rotatable bonds is 12. The van der Waals surface area contributed by atoms with E-state index in [0.717, 1.165) is 33.6 Å². The van der Waals surface area contributed by atoms with Crippen LogP contribution in [0.15, 0.2) is 137 Å². The molecule has 0 bridgehead atoms. The average molecular weight is 730 g/mol. The van der Waals surface area contributed by atoms with Gasteiger partial charge in [0.15, 0.2) is 4.34 Å². The zero-order chi connectivity index (χ0) is 36.0. The number of halogens is 1. The number of Topliss-reactive ketones (excluding diaryl/α,β-unsaturated/α-hetero) is 1. The third-order valence-corrected chi connectivity index (χ3v) is 10.7. The van der Waals surface area contributed by atoms with Crippen LogP contribution in [0, 0.1) is 12.7 Å². The molecule has 7 rings (SSSR count). The van der Waals surface area contributed by atoms with E-state index < -0.39 is 17.7 Å². The summed E-state index contributed by atoms with van der Waals surface area (Å²) in [5.74, 6) is -0.630. The smallest absolute Gasteiger partial charge is 0.301 e. The van der Waals surface area contributed by atoms with E-state index in [1.165, 1.54) is 28.8 Å². The molecule has 1 N–H and O–H groups in total. The highest BCUT2D eigenvalue weighted by Crippen LogP contribution is 2.44. The number of anilines is 1. The van der Waals surface area contributed by atoms with Gasteiger partial charge in [0.25, 0.3) is 5.78 Å². The van der Waals surface area contributed by atoms with Gasteiger partial charge in [0, 0.05) is 11.3 Å². The SMILES string of the molecule is Cc1ccccc1COc1ccc(/C(O)=C2\C(=O)C(=O)N(c3nnc(SCc4ccc(F)cc4)s3)C2c2ccc(OCc3ccccc3)cc2)cc1. The van der Waals surface area contributed by atoms with Crippen LogP contribution in [0.2, 0.25) is 0 Å². The topological polar surface area (TPSA) is 102 Å².